The van der Waals surface area contributed by atoms with Crippen LogP contribution >= 0.6 is 15.9 Å². The van der Waals surface area contributed by atoms with Crippen molar-refractivity contribution in [3.8, 4) is 0 Å². The summed E-state index contributed by atoms with van der Waals surface area (Å²) in [6, 6.07) is 4.88. The van der Waals surface area contributed by atoms with Crippen LogP contribution in [-0.2, 0) is 13.1 Å². The highest BCUT2D eigenvalue weighted by Gasteiger charge is 2.02. The molecule has 0 atom stereocenters. The third-order valence-electron chi connectivity index (χ3n) is 2.71. The minimum absolute atomic E-state index is 0.235. The highest BCUT2D eigenvalue weighted by atomic mass is 79.9. The van der Waals surface area contributed by atoms with Crippen LogP contribution in [0.25, 0.3) is 0 Å². The van der Waals surface area contributed by atoms with Crippen LogP contribution in [0.15, 0.2) is 35.1 Å². The van der Waals surface area contributed by atoms with Gasteiger partial charge in [0.15, 0.2) is 0 Å². The second kappa shape index (κ2) is 6.82. The largest absolute Gasteiger partial charge is 0.313 e. The van der Waals surface area contributed by atoms with E-state index in [4.69, 9.17) is 0 Å². The van der Waals surface area contributed by atoms with Crippen LogP contribution in [0.2, 0.25) is 0 Å². The molecule has 0 amide bonds. The standard InChI is InChI=1S/C14H17BrFN3/c1-2-3-17-7-12-8-18-19(10-12)9-11-4-13(15)6-14(16)5-11/h4-6,8,10,17H,2-3,7,9H2,1H3. The monoisotopic (exact) mass is 325 g/mol. The number of nitrogens with one attached hydrogen (secondary N) is 1. The lowest BCUT2D eigenvalue weighted by atomic mass is 10.2. The van der Waals surface area contributed by atoms with Crippen molar-refractivity contribution >= 4 is 15.9 Å². The maximum atomic E-state index is 13.3. The highest BCUT2D eigenvalue weighted by molar-refractivity contribution is 9.10. The number of hydrogen-bond acceptors (Lipinski definition) is 2. The molecule has 2 rings (SSSR count). The molecule has 2 aromatic rings. The first-order valence-electron chi connectivity index (χ1n) is 6.34. The van der Waals surface area contributed by atoms with Gasteiger partial charge < -0.3 is 5.32 Å². The summed E-state index contributed by atoms with van der Waals surface area (Å²) in [6.45, 7) is 4.53. The van der Waals surface area contributed by atoms with Crippen molar-refractivity contribution in [2.24, 2.45) is 0 Å². The summed E-state index contributed by atoms with van der Waals surface area (Å²) < 4.78 is 15.8. The van der Waals surface area contributed by atoms with Crippen LogP contribution in [0, 0.1) is 5.82 Å². The van der Waals surface area contributed by atoms with Crippen LogP contribution in [0.3, 0.4) is 0 Å². The Morgan fingerprint density at radius 3 is 2.89 bits per heavy atom. The summed E-state index contributed by atoms with van der Waals surface area (Å²) >= 11 is 3.29. The molecule has 19 heavy (non-hydrogen) atoms. The number of hydrogen-bond donors (Lipinski definition) is 1. The highest BCUT2D eigenvalue weighted by Crippen LogP contribution is 2.15. The minimum atomic E-state index is -0.235. The molecule has 0 saturated heterocycles. The van der Waals surface area contributed by atoms with E-state index in [1.54, 1.807) is 0 Å². The van der Waals surface area contributed by atoms with Crippen molar-refractivity contribution in [2.45, 2.75) is 26.4 Å². The number of aromatic nitrogens is 2. The zero-order chi connectivity index (χ0) is 13.7. The second-order valence-electron chi connectivity index (χ2n) is 4.50. The number of rotatable bonds is 6. The summed E-state index contributed by atoms with van der Waals surface area (Å²) in [5.74, 6) is -0.235. The Bertz CT molecular complexity index is 519. The van der Waals surface area contributed by atoms with Crippen molar-refractivity contribution in [3.63, 3.8) is 0 Å². The maximum Gasteiger partial charge on any atom is 0.124 e. The predicted octanol–water partition coefficient (Wildman–Crippen LogP) is 3.33. The Morgan fingerprint density at radius 1 is 1.32 bits per heavy atom. The van der Waals surface area contributed by atoms with Gasteiger partial charge in [0.05, 0.1) is 12.7 Å². The number of halogens is 2. The molecule has 102 valence electrons. The first-order valence-corrected chi connectivity index (χ1v) is 7.13. The van der Waals surface area contributed by atoms with E-state index >= 15 is 0 Å². The SMILES string of the molecule is CCCNCc1cnn(Cc2cc(F)cc(Br)c2)c1. The fraction of sp³-hybridized carbons (Fsp3) is 0.357. The maximum absolute atomic E-state index is 13.3. The quantitative estimate of drug-likeness (QED) is 0.825. The Morgan fingerprint density at radius 2 is 2.16 bits per heavy atom. The Labute approximate surface area is 121 Å². The van der Waals surface area contributed by atoms with Gasteiger partial charge in [-0.3, -0.25) is 4.68 Å². The van der Waals surface area contributed by atoms with E-state index in [0.29, 0.717) is 6.54 Å². The van der Waals surface area contributed by atoms with Gasteiger partial charge in [-0.25, -0.2) is 4.39 Å². The van der Waals surface area contributed by atoms with E-state index in [2.05, 4.69) is 33.3 Å². The fourth-order valence-electron chi connectivity index (χ4n) is 1.88. The lowest BCUT2D eigenvalue weighted by Crippen LogP contribution is -2.13. The molecule has 0 aliphatic carbocycles. The van der Waals surface area contributed by atoms with Gasteiger partial charge in [0.25, 0.3) is 0 Å². The van der Waals surface area contributed by atoms with Crippen LogP contribution in [0.5, 0.6) is 0 Å². The third-order valence-corrected chi connectivity index (χ3v) is 3.17. The predicted molar refractivity (Wildman–Crippen MR) is 77.4 cm³/mol. The van der Waals surface area contributed by atoms with E-state index < -0.39 is 0 Å². The molecule has 0 spiro atoms. The molecular weight excluding hydrogens is 309 g/mol. The molecule has 1 N–H and O–H groups in total. The molecule has 1 aromatic heterocycles. The normalized spacial score (nSPS) is 10.9. The summed E-state index contributed by atoms with van der Waals surface area (Å²) in [5, 5.41) is 7.61. The van der Waals surface area contributed by atoms with Gasteiger partial charge in [0.2, 0.25) is 0 Å². The first kappa shape index (κ1) is 14.2. The average molecular weight is 326 g/mol. The number of benzene rings is 1. The Balaban J connectivity index is 1.99. The Kier molecular flexibility index (Phi) is 5.10. The summed E-state index contributed by atoms with van der Waals surface area (Å²) in [5.41, 5.74) is 2.03. The minimum Gasteiger partial charge on any atom is -0.313 e. The van der Waals surface area contributed by atoms with E-state index in [0.717, 1.165) is 35.1 Å². The van der Waals surface area contributed by atoms with Gasteiger partial charge in [-0.15, -0.1) is 0 Å². The van der Waals surface area contributed by atoms with Gasteiger partial charge in [0.1, 0.15) is 5.82 Å². The summed E-state index contributed by atoms with van der Waals surface area (Å²) in [6.07, 6.45) is 4.95. The molecule has 0 aliphatic rings. The molecule has 1 aromatic carbocycles. The molecule has 0 radical (unpaired) electrons. The zero-order valence-corrected chi connectivity index (χ0v) is 12.5. The molecule has 5 heteroatoms. The van der Waals surface area contributed by atoms with Crippen LogP contribution < -0.4 is 5.32 Å². The van der Waals surface area contributed by atoms with E-state index in [9.17, 15) is 4.39 Å². The van der Waals surface area contributed by atoms with E-state index in [1.165, 1.54) is 12.1 Å². The third kappa shape index (κ3) is 4.44. The summed E-state index contributed by atoms with van der Waals surface area (Å²) in [7, 11) is 0. The van der Waals surface area contributed by atoms with Crippen molar-refractivity contribution in [2.75, 3.05) is 6.54 Å². The average Bonchev–Trinajstić information content (AvgIpc) is 2.76. The van der Waals surface area contributed by atoms with Gasteiger partial charge in [-0.05, 0) is 36.7 Å². The van der Waals surface area contributed by atoms with Crippen molar-refractivity contribution in [3.05, 3.63) is 52.0 Å². The molecule has 3 nitrogen and oxygen atoms in total. The van der Waals surface area contributed by atoms with Crippen molar-refractivity contribution in [1.29, 1.82) is 0 Å². The smallest absolute Gasteiger partial charge is 0.124 e. The molecule has 1 heterocycles. The molecular formula is C14H17BrFN3. The Hall–Kier alpha value is -1.20. The van der Waals surface area contributed by atoms with E-state index in [1.807, 2.05) is 23.1 Å². The molecule has 0 unspecified atom stereocenters. The van der Waals surface area contributed by atoms with Gasteiger partial charge in [-0.2, -0.15) is 5.10 Å². The van der Waals surface area contributed by atoms with Gasteiger partial charge in [0, 0.05) is 22.8 Å². The second-order valence-corrected chi connectivity index (χ2v) is 5.42. The summed E-state index contributed by atoms with van der Waals surface area (Å²) in [4.78, 5) is 0. The van der Waals surface area contributed by atoms with Crippen LogP contribution in [0.4, 0.5) is 4.39 Å². The number of nitrogens with zero attached hydrogens (tertiary/aromatic N) is 2. The fourth-order valence-corrected chi connectivity index (χ4v) is 2.40. The zero-order valence-electron chi connectivity index (χ0n) is 10.9. The lowest BCUT2D eigenvalue weighted by Gasteiger charge is -2.03. The molecule has 0 bridgehead atoms. The van der Waals surface area contributed by atoms with Crippen LogP contribution in [-0.4, -0.2) is 16.3 Å². The molecule has 0 aliphatic heterocycles. The molecule has 0 saturated carbocycles. The van der Waals surface area contributed by atoms with Gasteiger partial charge >= 0.3 is 0 Å². The lowest BCUT2D eigenvalue weighted by molar-refractivity contribution is 0.618. The van der Waals surface area contributed by atoms with E-state index in [-0.39, 0.29) is 5.82 Å². The van der Waals surface area contributed by atoms with Crippen molar-refractivity contribution in [1.82, 2.24) is 15.1 Å². The first-order chi connectivity index (χ1) is 9.17. The molecule has 0 fully saturated rings. The van der Waals surface area contributed by atoms with Crippen LogP contribution in [0.1, 0.15) is 24.5 Å². The topological polar surface area (TPSA) is 29.9 Å². The van der Waals surface area contributed by atoms with Crippen molar-refractivity contribution < 1.29 is 4.39 Å². The van der Waals surface area contributed by atoms with Gasteiger partial charge in [-0.1, -0.05) is 22.9 Å².